The first-order chi connectivity index (χ1) is 9.93. The maximum atomic E-state index is 13.2. The van der Waals surface area contributed by atoms with Gasteiger partial charge in [-0.2, -0.15) is 5.10 Å². The summed E-state index contributed by atoms with van der Waals surface area (Å²) in [6.45, 7) is 2.19. The Morgan fingerprint density at radius 1 is 1.48 bits per heavy atom. The summed E-state index contributed by atoms with van der Waals surface area (Å²) in [7, 11) is 3.40. The number of anilines is 1. The summed E-state index contributed by atoms with van der Waals surface area (Å²) in [6.07, 6.45) is 0.484. The van der Waals surface area contributed by atoms with E-state index in [1.165, 1.54) is 16.8 Å². The average Bonchev–Trinajstić information content (AvgIpc) is 2.75. The second-order valence-corrected chi connectivity index (χ2v) is 4.84. The summed E-state index contributed by atoms with van der Waals surface area (Å²) >= 11 is 0. The molecular weight excluding hydrogens is 275 g/mol. The van der Waals surface area contributed by atoms with E-state index in [0.717, 1.165) is 5.56 Å². The van der Waals surface area contributed by atoms with Crippen LogP contribution >= 0.6 is 0 Å². The molecule has 0 saturated carbocycles. The van der Waals surface area contributed by atoms with Crippen LogP contribution in [-0.2, 0) is 20.0 Å². The molecule has 0 aliphatic heterocycles. The Morgan fingerprint density at radius 2 is 2.19 bits per heavy atom. The van der Waals surface area contributed by atoms with Gasteiger partial charge in [-0.15, -0.1) is 0 Å². The number of halogens is 1. The number of hydrogen-bond donors (Lipinski definition) is 0. The van der Waals surface area contributed by atoms with Crippen molar-refractivity contribution in [3.05, 3.63) is 51.5 Å². The first-order valence-corrected chi connectivity index (χ1v) is 6.59. The number of nitro groups is 1. The van der Waals surface area contributed by atoms with Gasteiger partial charge in [0.25, 0.3) is 0 Å². The van der Waals surface area contributed by atoms with Crippen LogP contribution in [0.5, 0.6) is 0 Å². The number of aromatic nitrogens is 2. The third-order valence-electron chi connectivity index (χ3n) is 3.25. The summed E-state index contributed by atoms with van der Waals surface area (Å²) in [5.74, 6) is 0.0933. The lowest BCUT2D eigenvalue weighted by molar-refractivity contribution is -0.384. The van der Waals surface area contributed by atoms with Crippen molar-refractivity contribution < 1.29 is 9.31 Å². The van der Waals surface area contributed by atoms with E-state index in [0.29, 0.717) is 24.5 Å². The van der Waals surface area contributed by atoms with Gasteiger partial charge in [-0.3, -0.25) is 10.1 Å². The monoisotopic (exact) mass is 292 g/mol. The molecule has 2 aromatic rings. The highest BCUT2D eigenvalue weighted by Crippen LogP contribution is 2.31. The molecular formula is C14H17FN4O2. The Bertz CT molecular complexity index is 669. The largest absolute Gasteiger partial charge is 0.350 e. The number of aryl methyl sites for hydroxylation is 2. The van der Waals surface area contributed by atoms with Gasteiger partial charge in [-0.05, 0) is 24.1 Å². The van der Waals surface area contributed by atoms with Gasteiger partial charge in [0.2, 0.25) is 5.82 Å². The lowest BCUT2D eigenvalue weighted by Gasteiger charge is -2.18. The zero-order valence-electron chi connectivity index (χ0n) is 12.2. The molecule has 0 unspecified atom stereocenters. The van der Waals surface area contributed by atoms with Gasteiger partial charge in [0.05, 0.1) is 4.92 Å². The van der Waals surface area contributed by atoms with Crippen LogP contribution in [0.1, 0.15) is 18.2 Å². The summed E-state index contributed by atoms with van der Waals surface area (Å²) in [6, 6.07) is 6.18. The number of rotatable bonds is 5. The van der Waals surface area contributed by atoms with Gasteiger partial charge in [-0.1, -0.05) is 19.1 Å². The summed E-state index contributed by atoms with van der Waals surface area (Å²) in [5.41, 5.74) is 1.20. The predicted octanol–water partition coefficient (Wildman–Crippen LogP) is 2.67. The number of benzene rings is 1. The van der Waals surface area contributed by atoms with E-state index in [1.807, 2.05) is 6.92 Å². The first kappa shape index (κ1) is 15.0. The Kier molecular flexibility index (Phi) is 4.21. The zero-order chi connectivity index (χ0) is 15.6. The third-order valence-corrected chi connectivity index (χ3v) is 3.25. The molecule has 0 radical (unpaired) electrons. The van der Waals surface area contributed by atoms with Gasteiger partial charge in [0.15, 0.2) is 0 Å². The van der Waals surface area contributed by atoms with E-state index < -0.39 is 4.92 Å². The van der Waals surface area contributed by atoms with Crippen molar-refractivity contribution in [2.75, 3.05) is 11.9 Å². The van der Waals surface area contributed by atoms with Crippen molar-refractivity contribution in [2.24, 2.45) is 7.05 Å². The molecule has 112 valence electrons. The molecule has 1 aromatic carbocycles. The second-order valence-electron chi connectivity index (χ2n) is 4.84. The molecule has 7 heteroatoms. The van der Waals surface area contributed by atoms with Gasteiger partial charge >= 0.3 is 5.69 Å². The van der Waals surface area contributed by atoms with Gasteiger partial charge in [-0.25, -0.2) is 9.07 Å². The van der Waals surface area contributed by atoms with Crippen LogP contribution < -0.4 is 4.90 Å². The highest BCUT2D eigenvalue weighted by atomic mass is 19.1. The van der Waals surface area contributed by atoms with Crippen LogP contribution in [-0.4, -0.2) is 21.8 Å². The van der Waals surface area contributed by atoms with Crippen molar-refractivity contribution in [1.82, 2.24) is 9.78 Å². The molecule has 0 fully saturated rings. The van der Waals surface area contributed by atoms with E-state index in [4.69, 9.17) is 0 Å². The quantitative estimate of drug-likeness (QED) is 0.628. The minimum absolute atomic E-state index is 0.0129. The fourth-order valence-corrected chi connectivity index (χ4v) is 2.40. The standard InChI is InChI=1S/C14H17FN4O2/c1-4-12-13(19(20)21)14(18(3)16-12)17(2)9-10-6-5-7-11(15)8-10/h5-8H,4,9H2,1-3H3. The molecule has 0 saturated heterocycles. The molecule has 0 spiro atoms. The minimum atomic E-state index is -0.413. The van der Waals surface area contributed by atoms with E-state index in [9.17, 15) is 14.5 Å². The summed E-state index contributed by atoms with van der Waals surface area (Å²) < 4.78 is 14.7. The molecule has 2 rings (SSSR count). The van der Waals surface area contributed by atoms with Crippen molar-refractivity contribution >= 4 is 11.5 Å². The molecule has 1 heterocycles. The lowest BCUT2D eigenvalue weighted by atomic mass is 10.2. The van der Waals surface area contributed by atoms with Crippen molar-refractivity contribution in [2.45, 2.75) is 19.9 Å². The molecule has 1 aromatic heterocycles. The molecule has 21 heavy (non-hydrogen) atoms. The fraction of sp³-hybridized carbons (Fsp3) is 0.357. The molecule has 0 bridgehead atoms. The van der Waals surface area contributed by atoms with Crippen LogP contribution in [0.15, 0.2) is 24.3 Å². The molecule has 0 aliphatic rings. The first-order valence-electron chi connectivity index (χ1n) is 6.59. The molecule has 6 nitrogen and oxygen atoms in total. The smallest absolute Gasteiger partial charge is 0.334 e. The molecule has 0 N–H and O–H groups in total. The van der Waals surface area contributed by atoms with Crippen LogP contribution in [0, 0.1) is 15.9 Å². The van der Waals surface area contributed by atoms with E-state index in [-0.39, 0.29) is 11.5 Å². The SMILES string of the molecule is CCc1nn(C)c(N(C)Cc2cccc(F)c2)c1[N+](=O)[O-]. The van der Waals surface area contributed by atoms with Gasteiger partial charge in [0.1, 0.15) is 11.5 Å². The topological polar surface area (TPSA) is 64.2 Å². The highest BCUT2D eigenvalue weighted by Gasteiger charge is 2.28. The zero-order valence-corrected chi connectivity index (χ0v) is 12.2. The summed E-state index contributed by atoms with van der Waals surface area (Å²) in [5, 5.41) is 15.5. The highest BCUT2D eigenvalue weighted by molar-refractivity contribution is 5.61. The summed E-state index contributed by atoms with van der Waals surface area (Å²) in [4.78, 5) is 12.6. The number of nitrogens with zero attached hydrogens (tertiary/aromatic N) is 4. The van der Waals surface area contributed by atoms with Gasteiger partial charge < -0.3 is 4.90 Å². The Morgan fingerprint density at radius 3 is 2.76 bits per heavy atom. The number of hydrogen-bond acceptors (Lipinski definition) is 4. The van der Waals surface area contributed by atoms with Crippen LogP contribution in [0.4, 0.5) is 15.9 Å². The van der Waals surface area contributed by atoms with Crippen molar-refractivity contribution in [3.8, 4) is 0 Å². The maximum absolute atomic E-state index is 13.2. The van der Waals surface area contributed by atoms with Crippen LogP contribution in [0.2, 0.25) is 0 Å². The molecule has 0 atom stereocenters. The Balaban J connectivity index is 2.37. The van der Waals surface area contributed by atoms with E-state index >= 15 is 0 Å². The minimum Gasteiger partial charge on any atom is -0.350 e. The van der Waals surface area contributed by atoms with E-state index in [1.54, 1.807) is 31.1 Å². The maximum Gasteiger partial charge on any atom is 0.334 e. The molecule has 0 amide bonds. The Hall–Kier alpha value is -2.44. The Labute approximate surface area is 121 Å². The van der Waals surface area contributed by atoms with Gasteiger partial charge in [0, 0.05) is 20.6 Å². The van der Waals surface area contributed by atoms with Crippen LogP contribution in [0.25, 0.3) is 0 Å². The van der Waals surface area contributed by atoms with Crippen molar-refractivity contribution in [3.63, 3.8) is 0 Å². The van der Waals surface area contributed by atoms with Crippen LogP contribution in [0.3, 0.4) is 0 Å². The normalized spacial score (nSPS) is 10.7. The average molecular weight is 292 g/mol. The molecule has 0 aliphatic carbocycles. The second kappa shape index (κ2) is 5.90. The predicted molar refractivity (Wildman–Crippen MR) is 77.7 cm³/mol. The third kappa shape index (κ3) is 3.01. The van der Waals surface area contributed by atoms with E-state index in [2.05, 4.69) is 5.10 Å². The lowest BCUT2D eigenvalue weighted by Crippen LogP contribution is -2.20. The fourth-order valence-electron chi connectivity index (χ4n) is 2.40. The van der Waals surface area contributed by atoms with Crippen molar-refractivity contribution in [1.29, 1.82) is 0 Å².